The van der Waals surface area contributed by atoms with Crippen molar-refractivity contribution < 1.29 is 9.53 Å². The molecule has 0 aliphatic carbocycles. The number of nitriles is 1. The van der Waals surface area contributed by atoms with Crippen LogP contribution in [0.3, 0.4) is 0 Å². The van der Waals surface area contributed by atoms with Gasteiger partial charge in [-0.3, -0.25) is 9.69 Å². The van der Waals surface area contributed by atoms with E-state index in [2.05, 4.69) is 45.6 Å². The maximum Gasteiger partial charge on any atom is 0.264 e. The van der Waals surface area contributed by atoms with E-state index >= 15 is 0 Å². The fraction of sp³-hybridized carbons (Fsp3) is 0.750. The van der Waals surface area contributed by atoms with Crippen LogP contribution in [-0.2, 0) is 9.53 Å². The summed E-state index contributed by atoms with van der Waals surface area (Å²) in [5.74, 6) is -0.139. The van der Waals surface area contributed by atoms with Gasteiger partial charge in [-0.15, -0.1) is 0 Å². The molecular weight excluding hydrogens is 314 g/mol. The van der Waals surface area contributed by atoms with Crippen LogP contribution in [0.15, 0.2) is 11.6 Å². The van der Waals surface area contributed by atoms with Crippen LogP contribution >= 0.6 is 0 Å². The van der Waals surface area contributed by atoms with Crippen molar-refractivity contribution in [3.63, 3.8) is 0 Å². The summed E-state index contributed by atoms with van der Waals surface area (Å²) in [6, 6.07) is 2.42. The van der Waals surface area contributed by atoms with E-state index in [0.29, 0.717) is 0 Å². The normalized spacial score (nSPS) is 36.6. The second-order valence-electron chi connectivity index (χ2n) is 8.62. The lowest BCUT2D eigenvalue weighted by molar-refractivity contribution is -0.129. The monoisotopic (exact) mass is 344 g/mol. The Hall–Kier alpha value is -1.38. The predicted molar refractivity (Wildman–Crippen MR) is 96.5 cm³/mol. The molecule has 1 radical (unpaired) electrons. The molecule has 137 valence electrons. The molecule has 2 atom stereocenters. The SMILES string of the molecule is [CH2]C12CCC(CC1)N2C(=O)C(C#N)=CC(C)(C)N1C[C@@H](C)O[C@@H](C)C1. The summed E-state index contributed by atoms with van der Waals surface area (Å²) >= 11 is 0. The quantitative estimate of drug-likeness (QED) is 0.583. The Morgan fingerprint density at radius 1 is 1.28 bits per heavy atom. The molecule has 0 unspecified atom stereocenters. The number of rotatable bonds is 3. The van der Waals surface area contributed by atoms with Crippen molar-refractivity contribution in [2.24, 2.45) is 0 Å². The Morgan fingerprint density at radius 2 is 1.84 bits per heavy atom. The first-order valence-electron chi connectivity index (χ1n) is 9.39. The molecular formula is C20H30N3O2. The molecule has 0 aromatic rings. The van der Waals surface area contributed by atoms with E-state index in [1.165, 1.54) is 0 Å². The third-order valence-electron chi connectivity index (χ3n) is 6.06. The zero-order valence-electron chi connectivity index (χ0n) is 15.9. The lowest BCUT2D eigenvalue weighted by atomic mass is 9.89. The van der Waals surface area contributed by atoms with E-state index in [0.717, 1.165) is 38.8 Å². The summed E-state index contributed by atoms with van der Waals surface area (Å²) in [5, 5.41) is 9.67. The second-order valence-corrected chi connectivity index (χ2v) is 8.62. The third kappa shape index (κ3) is 3.35. The number of amides is 1. The highest BCUT2D eigenvalue weighted by atomic mass is 16.5. The van der Waals surface area contributed by atoms with Crippen molar-refractivity contribution in [2.45, 2.75) is 82.7 Å². The maximum atomic E-state index is 13.1. The van der Waals surface area contributed by atoms with Crippen LogP contribution in [0.2, 0.25) is 0 Å². The molecule has 0 aromatic carbocycles. The molecule has 25 heavy (non-hydrogen) atoms. The Kier molecular flexibility index (Phi) is 4.72. The van der Waals surface area contributed by atoms with E-state index < -0.39 is 0 Å². The Bertz CT molecular complexity index is 601. The van der Waals surface area contributed by atoms with Gasteiger partial charge in [-0.25, -0.2) is 0 Å². The summed E-state index contributed by atoms with van der Waals surface area (Å²) in [6.45, 7) is 14.2. The lowest BCUT2D eigenvalue weighted by Crippen LogP contribution is -2.54. The fourth-order valence-electron chi connectivity index (χ4n) is 4.77. The van der Waals surface area contributed by atoms with Gasteiger partial charge in [-0.2, -0.15) is 5.26 Å². The van der Waals surface area contributed by atoms with Crippen molar-refractivity contribution >= 4 is 5.91 Å². The molecule has 0 saturated carbocycles. The Morgan fingerprint density at radius 3 is 2.28 bits per heavy atom. The minimum absolute atomic E-state index is 0.139. The first-order chi connectivity index (χ1) is 11.7. The average Bonchev–Trinajstić information content (AvgIpc) is 3.03. The van der Waals surface area contributed by atoms with Gasteiger partial charge in [0, 0.05) is 30.2 Å². The molecule has 5 nitrogen and oxygen atoms in total. The third-order valence-corrected chi connectivity index (χ3v) is 6.06. The highest BCUT2D eigenvalue weighted by Gasteiger charge is 2.51. The van der Waals surface area contributed by atoms with Crippen LogP contribution in [0.25, 0.3) is 0 Å². The molecule has 2 bridgehead atoms. The van der Waals surface area contributed by atoms with Crippen molar-refractivity contribution in [3.05, 3.63) is 18.6 Å². The van der Waals surface area contributed by atoms with Crippen LogP contribution in [-0.4, -0.2) is 58.1 Å². The molecule has 3 fully saturated rings. The average molecular weight is 344 g/mol. The number of ether oxygens (including phenoxy) is 1. The molecule has 3 heterocycles. The molecule has 5 heteroatoms. The van der Waals surface area contributed by atoms with E-state index in [9.17, 15) is 10.1 Å². The van der Waals surface area contributed by atoms with Crippen molar-refractivity contribution in [2.75, 3.05) is 13.1 Å². The number of hydrogen-bond acceptors (Lipinski definition) is 4. The number of fused-ring (bicyclic) bond motifs is 2. The van der Waals surface area contributed by atoms with E-state index in [-0.39, 0.29) is 40.8 Å². The van der Waals surface area contributed by atoms with Crippen molar-refractivity contribution in [1.29, 1.82) is 5.26 Å². The van der Waals surface area contributed by atoms with Gasteiger partial charge in [0.25, 0.3) is 5.91 Å². The van der Waals surface area contributed by atoms with Crippen LogP contribution in [0.5, 0.6) is 0 Å². The zero-order valence-corrected chi connectivity index (χ0v) is 15.9. The van der Waals surface area contributed by atoms with Gasteiger partial charge in [0.2, 0.25) is 0 Å². The summed E-state index contributed by atoms with van der Waals surface area (Å²) in [7, 11) is 0. The molecule has 3 rings (SSSR count). The Labute approximate surface area is 151 Å². The molecule has 0 spiro atoms. The van der Waals surface area contributed by atoms with Gasteiger partial charge in [0.1, 0.15) is 11.6 Å². The first kappa shape index (κ1) is 18.4. The zero-order chi connectivity index (χ0) is 18.4. The number of morpholine rings is 1. The largest absolute Gasteiger partial charge is 0.373 e. The predicted octanol–water partition coefficient (Wildman–Crippen LogP) is 2.68. The summed E-state index contributed by atoms with van der Waals surface area (Å²) < 4.78 is 5.81. The standard InChI is InChI=1S/C20H30N3O2/c1-14-12-22(13-15(2)25-14)19(3,4)10-16(11-21)18(24)23-17-6-8-20(23,5)9-7-17/h10,14-15,17H,5-9,12-13H2,1-4H3/t14-,15+,17?,20?. The van der Waals surface area contributed by atoms with Crippen LogP contribution in [0.1, 0.15) is 53.4 Å². The first-order valence-corrected chi connectivity index (χ1v) is 9.39. The summed E-state index contributed by atoms with van der Waals surface area (Å²) in [5.41, 5.74) is -0.428. The molecule has 3 aliphatic heterocycles. The van der Waals surface area contributed by atoms with E-state index in [1.807, 2.05) is 11.0 Å². The molecule has 0 aromatic heterocycles. The number of carbonyl (C=O) groups excluding carboxylic acids is 1. The number of nitrogens with zero attached hydrogens (tertiary/aromatic N) is 3. The molecule has 0 N–H and O–H groups in total. The minimum atomic E-state index is -0.375. The highest BCUT2D eigenvalue weighted by molar-refractivity contribution is 5.98. The van der Waals surface area contributed by atoms with Gasteiger partial charge in [0.05, 0.1) is 12.2 Å². The van der Waals surface area contributed by atoms with Gasteiger partial charge in [0.15, 0.2) is 0 Å². The van der Waals surface area contributed by atoms with Crippen molar-refractivity contribution in [1.82, 2.24) is 9.80 Å². The van der Waals surface area contributed by atoms with Gasteiger partial charge < -0.3 is 9.64 Å². The smallest absolute Gasteiger partial charge is 0.264 e. The molecule has 3 aliphatic rings. The van der Waals surface area contributed by atoms with Gasteiger partial charge in [-0.05, 0) is 66.4 Å². The highest BCUT2D eigenvalue weighted by Crippen LogP contribution is 2.46. The topological polar surface area (TPSA) is 56.6 Å². The molecule has 1 amide bonds. The number of carbonyl (C=O) groups is 1. The molecule has 3 saturated heterocycles. The van der Waals surface area contributed by atoms with Gasteiger partial charge >= 0.3 is 0 Å². The fourth-order valence-corrected chi connectivity index (χ4v) is 4.77. The van der Waals surface area contributed by atoms with E-state index in [4.69, 9.17) is 4.74 Å². The van der Waals surface area contributed by atoms with Gasteiger partial charge in [-0.1, -0.05) is 0 Å². The maximum absolute atomic E-state index is 13.1. The summed E-state index contributed by atoms with van der Waals surface area (Å²) in [6.07, 6.45) is 6.06. The van der Waals surface area contributed by atoms with Crippen LogP contribution in [0, 0.1) is 18.3 Å². The second kappa shape index (κ2) is 6.41. The van der Waals surface area contributed by atoms with Crippen molar-refractivity contribution in [3.8, 4) is 6.07 Å². The lowest BCUT2D eigenvalue weighted by Gasteiger charge is -2.44. The number of hydrogen-bond donors (Lipinski definition) is 0. The summed E-state index contributed by atoms with van der Waals surface area (Å²) in [4.78, 5) is 17.3. The minimum Gasteiger partial charge on any atom is -0.373 e. The van der Waals surface area contributed by atoms with Crippen LogP contribution < -0.4 is 0 Å². The van der Waals surface area contributed by atoms with E-state index in [1.54, 1.807) is 0 Å². The van der Waals surface area contributed by atoms with Crippen LogP contribution in [0.4, 0.5) is 0 Å². The Balaban J connectivity index is 1.82.